The van der Waals surface area contributed by atoms with Gasteiger partial charge in [0.1, 0.15) is 0 Å². The summed E-state index contributed by atoms with van der Waals surface area (Å²) in [6.45, 7) is 10.7. The molecule has 0 spiro atoms. The van der Waals surface area contributed by atoms with Gasteiger partial charge in [0.2, 0.25) is 11.8 Å². The third-order valence-corrected chi connectivity index (χ3v) is 3.80. The largest absolute Gasteiger partial charge is 0.352 e. The van der Waals surface area contributed by atoms with Crippen LogP contribution < -0.4 is 10.6 Å². The van der Waals surface area contributed by atoms with Crippen molar-refractivity contribution in [2.24, 2.45) is 0 Å². The molecule has 0 aliphatic carbocycles. The first-order chi connectivity index (χ1) is 9.60. The van der Waals surface area contributed by atoms with Crippen LogP contribution in [0.15, 0.2) is 0 Å². The van der Waals surface area contributed by atoms with Crippen LogP contribution in [0, 0.1) is 0 Å². The lowest BCUT2D eigenvalue weighted by molar-refractivity contribution is -0.124. The van der Waals surface area contributed by atoms with Crippen LogP contribution in [0.25, 0.3) is 0 Å². The maximum atomic E-state index is 11.8. The van der Waals surface area contributed by atoms with Gasteiger partial charge in [-0.25, -0.2) is 0 Å². The van der Waals surface area contributed by atoms with Crippen molar-refractivity contribution in [1.29, 1.82) is 0 Å². The molecule has 0 aliphatic rings. The minimum atomic E-state index is -4.40. The third-order valence-electron chi connectivity index (χ3n) is 2.56. The van der Waals surface area contributed by atoms with Crippen LogP contribution in [0.4, 0.5) is 0 Å². The second-order valence-corrected chi connectivity index (χ2v) is 9.17. The molecule has 22 heavy (non-hydrogen) atoms. The molecule has 0 saturated carbocycles. The number of rotatable bonds is 6. The average Bonchev–Trinajstić information content (AvgIpc) is 2.16. The highest BCUT2D eigenvalue weighted by Gasteiger charge is 2.28. The molecule has 7 nitrogen and oxygen atoms in total. The maximum absolute atomic E-state index is 11.8. The van der Waals surface area contributed by atoms with E-state index in [-0.39, 0.29) is 25.2 Å². The van der Waals surface area contributed by atoms with Crippen LogP contribution in [0.2, 0.25) is 0 Å². The van der Waals surface area contributed by atoms with Gasteiger partial charge in [0.05, 0.1) is 5.25 Å². The number of amides is 2. The molecule has 2 amide bonds. The van der Waals surface area contributed by atoms with Crippen molar-refractivity contribution in [2.45, 2.75) is 77.1 Å². The smallest absolute Gasteiger partial charge is 0.268 e. The Hall–Kier alpha value is -1.15. The fraction of sp³-hybridized carbons (Fsp3) is 0.857. The van der Waals surface area contributed by atoms with Crippen LogP contribution in [0.1, 0.15) is 60.8 Å². The SMILES string of the molecule is CC(C)(C)NC(=O)CC[C@H](CC(=O)NC(C)(C)C)S(=O)(=O)O. The number of carbonyl (C=O) groups excluding carboxylic acids is 2. The van der Waals surface area contributed by atoms with Crippen molar-refractivity contribution in [3.05, 3.63) is 0 Å². The van der Waals surface area contributed by atoms with Crippen molar-refractivity contribution in [2.75, 3.05) is 0 Å². The molecule has 0 aromatic rings. The maximum Gasteiger partial charge on any atom is 0.268 e. The van der Waals surface area contributed by atoms with Crippen LogP contribution in [0.3, 0.4) is 0 Å². The van der Waals surface area contributed by atoms with Gasteiger partial charge >= 0.3 is 0 Å². The molecule has 0 bridgehead atoms. The summed E-state index contributed by atoms with van der Waals surface area (Å²) in [6.07, 6.45) is -0.568. The summed E-state index contributed by atoms with van der Waals surface area (Å²) in [7, 11) is -4.40. The van der Waals surface area contributed by atoms with E-state index in [2.05, 4.69) is 10.6 Å². The molecular formula is C14H28N2O5S. The van der Waals surface area contributed by atoms with Gasteiger partial charge in [0, 0.05) is 23.9 Å². The molecule has 0 unspecified atom stereocenters. The lowest BCUT2D eigenvalue weighted by Gasteiger charge is -2.23. The van der Waals surface area contributed by atoms with E-state index in [1.165, 1.54) is 0 Å². The number of carbonyl (C=O) groups is 2. The van der Waals surface area contributed by atoms with E-state index in [0.29, 0.717) is 0 Å². The quantitative estimate of drug-likeness (QED) is 0.632. The molecule has 0 aromatic heterocycles. The lowest BCUT2D eigenvalue weighted by Crippen LogP contribution is -2.43. The van der Waals surface area contributed by atoms with Crippen molar-refractivity contribution in [3.8, 4) is 0 Å². The fourth-order valence-corrected chi connectivity index (χ4v) is 2.58. The van der Waals surface area contributed by atoms with Gasteiger partial charge in [-0.2, -0.15) is 8.42 Å². The lowest BCUT2D eigenvalue weighted by atomic mass is 10.1. The van der Waals surface area contributed by atoms with E-state index in [9.17, 15) is 22.6 Å². The minimum absolute atomic E-state index is 0.0788. The Morgan fingerprint density at radius 1 is 0.955 bits per heavy atom. The fourth-order valence-electron chi connectivity index (χ4n) is 1.81. The normalized spacial score (nSPS) is 14.3. The first-order valence-electron chi connectivity index (χ1n) is 7.18. The van der Waals surface area contributed by atoms with Crippen molar-refractivity contribution < 1.29 is 22.6 Å². The standard InChI is InChI=1S/C14H28N2O5S/c1-13(2,3)15-11(17)8-7-10(22(19,20)21)9-12(18)16-14(4,5)6/h10H,7-9H2,1-6H3,(H,15,17)(H,16,18)(H,19,20,21)/t10-/m1/s1. The summed E-state index contributed by atoms with van der Waals surface area (Å²) in [4.78, 5) is 23.5. The molecule has 1 atom stereocenters. The molecular weight excluding hydrogens is 308 g/mol. The predicted molar refractivity (Wildman–Crippen MR) is 85.0 cm³/mol. The predicted octanol–water partition coefficient (Wildman–Crippen LogP) is 1.24. The molecule has 0 aromatic carbocycles. The number of hydrogen-bond donors (Lipinski definition) is 3. The van der Waals surface area contributed by atoms with Crippen LogP contribution in [0.5, 0.6) is 0 Å². The molecule has 8 heteroatoms. The van der Waals surface area contributed by atoms with Gasteiger partial charge in [-0.3, -0.25) is 14.1 Å². The highest BCUT2D eigenvalue weighted by molar-refractivity contribution is 7.86. The van der Waals surface area contributed by atoms with E-state index in [1.807, 2.05) is 20.8 Å². The molecule has 3 N–H and O–H groups in total. The summed E-state index contributed by atoms with van der Waals surface area (Å²) < 4.78 is 32.0. The summed E-state index contributed by atoms with van der Waals surface area (Å²) in [6, 6.07) is 0. The van der Waals surface area contributed by atoms with Gasteiger partial charge in [0.15, 0.2) is 0 Å². The second kappa shape index (κ2) is 7.41. The third kappa shape index (κ3) is 10.6. The molecule has 0 radical (unpaired) electrons. The summed E-state index contributed by atoms with van der Waals surface area (Å²) in [5.74, 6) is -0.802. The minimum Gasteiger partial charge on any atom is -0.352 e. The van der Waals surface area contributed by atoms with Crippen molar-refractivity contribution >= 4 is 21.9 Å². The zero-order valence-electron chi connectivity index (χ0n) is 14.2. The highest BCUT2D eigenvalue weighted by atomic mass is 32.2. The Kier molecular flexibility index (Phi) is 7.02. The van der Waals surface area contributed by atoms with Crippen molar-refractivity contribution in [1.82, 2.24) is 10.6 Å². The summed E-state index contributed by atoms with van der Waals surface area (Å²) in [5.41, 5.74) is -0.918. The topological polar surface area (TPSA) is 113 Å². The number of hydrogen-bond acceptors (Lipinski definition) is 4. The first-order valence-corrected chi connectivity index (χ1v) is 8.69. The van der Waals surface area contributed by atoms with Crippen LogP contribution >= 0.6 is 0 Å². The van der Waals surface area contributed by atoms with Crippen molar-refractivity contribution in [3.63, 3.8) is 0 Å². The average molecular weight is 336 g/mol. The van der Waals surface area contributed by atoms with Gasteiger partial charge in [-0.15, -0.1) is 0 Å². The Morgan fingerprint density at radius 3 is 1.73 bits per heavy atom. The number of nitrogens with one attached hydrogen (secondary N) is 2. The molecule has 0 heterocycles. The molecule has 0 rings (SSSR count). The monoisotopic (exact) mass is 336 g/mol. The Morgan fingerprint density at radius 2 is 1.36 bits per heavy atom. The van der Waals surface area contributed by atoms with Gasteiger partial charge in [-0.05, 0) is 48.0 Å². The zero-order chi connectivity index (χ0) is 17.8. The Labute approximate surface area is 133 Å². The van der Waals surface area contributed by atoms with E-state index >= 15 is 0 Å². The Bertz CT molecular complexity index is 500. The van der Waals surface area contributed by atoms with Crippen LogP contribution in [-0.2, 0) is 19.7 Å². The van der Waals surface area contributed by atoms with Crippen LogP contribution in [-0.4, -0.2) is 41.1 Å². The van der Waals surface area contributed by atoms with Gasteiger partial charge < -0.3 is 10.6 Å². The molecule has 0 saturated heterocycles. The van der Waals surface area contributed by atoms with Gasteiger partial charge in [0.25, 0.3) is 10.1 Å². The van der Waals surface area contributed by atoms with Gasteiger partial charge in [-0.1, -0.05) is 0 Å². The van der Waals surface area contributed by atoms with E-state index in [0.717, 1.165) is 0 Å². The molecule has 130 valence electrons. The zero-order valence-corrected chi connectivity index (χ0v) is 15.0. The molecule has 0 fully saturated rings. The second-order valence-electron chi connectivity index (χ2n) is 7.48. The molecule has 0 aliphatic heterocycles. The Balaban J connectivity index is 4.69. The van der Waals surface area contributed by atoms with E-state index in [4.69, 9.17) is 0 Å². The van der Waals surface area contributed by atoms with E-state index in [1.54, 1.807) is 20.8 Å². The first kappa shape index (κ1) is 20.9. The highest BCUT2D eigenvalue weighted by Crippen LogP contribution is 2.13. The summed E-state index contributed by atoms with van der Waals surface area (Å²) >= 11 is 0. The summed E-state index contributed by atoms with van der Waals surface area (Å²) in [5, 5.41) is 4.04. The van der Waals surface area contributed by atoms with E-state index < -0.39 is 32.4 Å².